The van der Waals surface area contributed by atoms with E-state index in [-0.39, 0.29) is 30.9 Å². The molecule has 5 heteroatoms. The van der Waals surface area contributed by atoms with E-state index in [0.29, 0.717) is 5.52 Å². The van der Waals surface area contributed by atoms with Gasteiger partial charge < -0.3 is 4.84 Å². The molecule has 0 atom stereocenters. The normalized spacial score (nSPS) is 18.2. The minimum Gasteiger partial charge on any atom is -0.410 e. The quantitative estimate of drug-likeness (QED) is 0.853. The van der Waals surface area contributed by atoms with Crippen molar-refractivity contribution in [1.82, 2.24) is 4.73 Å². The van der Waals surface area contributed by atoms with E-state index in [1.165, 1.54) is 10.8 Å². The second kappa shape index (κ2) is 4.33. The fourth-order valence-corrected chi connectivity index (χ4v) is 2.38. The third-order valence-electron chi connectivity index (χ3n) is 3.38. The summed E-state index contributed by atoms with van der Waals surface area (Å²) >= 11 is 0. The highest BCUT2D eigenvalue weighted by molar-refractivity contribution is 5.78. The first-order chi connectivity index (χ1) is 9.05. The van der Waals surface area contributed by atoms with Crippen molar-refractivity contribution in [2.75, 3.05) is 6.61 Å². The summed E-state index contributed by atoms with van der Waals surface area (Å²) in [4.78, 5) is 17.2. The van der Waals surface area contributed by atoms with Gasteiger partial charge in [-0.05, 0) is 12.1 Å². The van der Waals surface area contributed by atoms with Gasteiger partial charge in [0.2, 0.25) is 5.92 Å². The average molecular weight is 265 g/mol. The third kappa shape index (κ3) is 2.32. The summed E-state index contributed by atoms with van der Waals surface area (Å²) < 4.78 is 26.6. The number of rotatable bonds is 3. The van der Waals surface area contributed by atoms with E-state index >= 15 is 0 Å². The molecule has 0 bridgehead atoms. The van der Waals surface area contributed by atoms with Crippen molar-refractivity contribution in [3.8, 4) is 0 Å². The Morgan fingerprint density at radius 1 is 1.21 bits per heavy atom. The molecule has 3 nitrogen and oxygen atoms in total. The van der Waals surface area contributed by atoms with Crippen molar-refractivity contribution in [2.24, 2.45) is 5.92 Å². The number of halogens is 2. The number of para-hydroxylation sites is 1. The average Bonchev–Trinajstić information content (AvgIpc) is 2.35. The number of hydrogen-bond acceptors (Lipinski definition) is 2. The topological polar surface area (TPSA) is 31.2 Å². The summed E-state index contributed by atoms with van der Waals surface area (Å²) in [6.45, 7) is 0.142. The molecular formula is C14H13F2NO2. The van der Waals surface area contributed by atoms with E-state index in [2.05, 4.69) is 0 Å². The van der Waals surface area contributed by atoms with Crippen LogP contribution in [0.25, 0.3) is 10.9 Å². The summed E-state index contributed by atoms with van der Waals surface area (Å²) in [5.41, 5.74) is 0.367. The first-order valence-corrected chi connectivity index (χ1v) is 6.17. The number of aromatic nitrogens is 1. The van der Waals surface area contributed by atoms with Crippen molar-refractivity contribution < 1.29 is 13.6 Å². The summed E-state index contributed by atoms with van der Waals surface area (Å²) in [6.07, 6.45) is -0.320. The Morgan fingerprint density at radius 2 is 1.95 bits per heavy atom. The summed E-state index contributed by atoms with van der Waals surface area (Å²) in [6, 6.07) is 10.4. The summed E-state index contributed by atoms with van der Waals surface area (Å²) in [5, 5.41) is 0.876. The van der Waals surface area contributed by atoms with Crippen LogP contribution < -0.4 is 10.4 Å². The first kappa shape index (κ1) is 12.1. The van der Waals surface area contributed by atoms with Crippen LogP contribution in [0.15, 0.2) is 41.2 Å². The van der Waals surface area contributed by atoms with E-state index in [4.69, 9.17) is 4.84 Å². The molecule has 100 valence electrons. The van der Waals surface area contributed by atoms with Crippen LogP contribution in [0.1, 0.15) is 12.8 Å². The molecule has 1 aliphatic carbocycles. The molecule has 1 aromatic carbocycles. The van der Waals surface area contributed by atoms with Crippen LogP contribution in [-0.2, 0) is 0 Å². The molecule has 1 aliphatic rings. The van der Waals surface area contributed by atoms with Crippen molar-refractivity contribution in [1.29, 1.82) is 0 Å². The van der Waals surface area contributed by atoms with Crippen molar-refractivity contribution in [3.05, 3.63) is 46.8 Å². The van der Waals surface area contributed by atoms with Gasteiger partial charge in [0, 0.05) is 30.2 Å². The van der Waals surface area contributed by atoms with Gasteiger partial charge in [-0.25, -0.2) is 8.78 Å². The van der Waals surface area contributed by atoms with E-state index in [1.807, 2.05) is 12.1 Å². The minimum atomic E-state index is -2.56. The third-order valence-corrected chi connectivity index (χ3v) is 3.38. The molecule has 0 spiro atoms. The molecule has 0 saturated heterocycles. The molecule has 19 heavy (non-hydrogen) atoms. The zero-order valence-corrected chi connectivity index (χ0v) is 10.2. The van der Waals surface area contributed by atoms with Crippen molar-refractivity contribution in [3.63, 3.8) is 0 Å². The number of benzene rings is 1. The van der Waals surface area contributed by atoms with Crippen LogP contribution in [0.4, 0.5) is 8.78 Å². The van der Waals surface area contributed by atoms with E-state index in [9.17, 15) is 13.6 Å². The number of nitrogens with zero attached hydrogens (tertiary/aromatic N) is 1. The fourth-order valence-electron chi connectivity index (χ4n) is 2.38. The minimum absolute atomic E-state index is 0.142. The Balaban J connectivity index is 1.81. The highest BCUT2D eigenvalue weighted by atomic mass is 19.3. The van der Waals surface area contributed by atoms with Gasteiger partial charge in [0.05, 0.1) is 5.52 Å². The van der Waals surface area contributed by atoms with Crippen molar-refractivity contribution >= 4 is 10.9 Å². The lowest BCUT2D eigenvalue weighted by atomic mass is 9.82. The molecule has 3 rings (SSSR count). The van der Waals surface area contributed by atoms with Crippen LogP contribution in [0.5, 0.6) is 0 Å². The first-order valence-electron chi connectivity index (χ1n) is 6.17. The summed E-state index contributed by atoms with van der Waals surface area (Å²) in [7, 11) is 0. The zero-order chi connectivity index (χ0) is 13.5. The Labute approximate surface area is 108 Å². The predicted molar refractivity (Wildman–Crippen MR) is 67.3 cm³/mol. The largest absolute Gasteiger partial charge is 0.410 e. The van der Waals surface area contributed by atoms with Gasteiger partial charge in [-0.3, -0.25) is 4.79 Å². The SMILES string of the molecule is O=c1ccc2ccccc2n1OCC1CC(F)(F)C1. The molecule has 1 saturated carbocycles. The highest BCUT2D eigenvalue weighted by Gasteiger charge is 2.45. The van der Waals surface area contributed by atoms with Gasteiger partial charge in [0.1, 0.15) is 6.61 Å². The Bertz CT molecular complexity index is 658. The maximum absolute atomic E-state index is 12.7. The van der Waals surface area contributed by atoms with E-state index < -0.39 is 5.92 Å². The number of alkyl halides is 2. The lowest BCUT2D eigenvalue weighted by Gasteiger charge is -2.34. The smallest absolute Gasteiger partial charge is 0.283 e. The van der Waals surface area contributed by atoms with Crippen LogP contribution in [-0.4, -0.2) is 17.3 Å². The Kier molecular flexibility index (Phi) is 2.77. The number of hydrogen-bond donors (Lipinski definition) is 0. The monoisotopic (exact) mass is 265 g/mol. The maximum atomic E-state index is 12.7. The maximum Gasteiger partial charge on any atom is 0.283 e. The van der Waals surface area contributed by atoms with Gasteiger partial charge in [-0.15, -0.1) is 4.73 Å². The fraction of sp³-hybridized carbons (Fsp3) is 0.357. The van der Waals surface area contributed by atoms with Gasteiger partial charge in [0.25, 0.3) is 5.56 Å². The van der Waals surface area contributed by atoms with Crippen molar-refractivity contribution in [2.45, 2.75) is 18.8 Å². The van der Waals surface area contributed by atoms with Gasteiger partial charge >= 0.3 is 0 Å². The predicted octanol–water partition coefficient (Wildman–Crippen LogP) is 2.48. The highest BCUT2D eigenvalue weighted by Crippen LogP contribution is 2.41. The Morgan fingerprint density at radius 3 is 2.68 bits per heavy atom. The molecule has 0 N–H and O–H groups in total. The summed E-state index contributed by atoms with van der Waals surface area (Å²) in [5.74, 6) is -2.74. The van der Waals surface area contributed by atoms with Crippen LogP contribution in [0.2, 0.25) is 0 Å². The molecule has 2 aromatic rings. The molecule has 1 aromatic heterocycles. The molecule has 0 aliphatic heterocycles. The second-order valence-corrected chi connectivity index (χ2v) is 4.95. The lowest BCUT2D eigenvalue weighted by Crippen LogP contribution is -2.41. The van der Waals surface area contributed by atoms with Crippen LogP contribution in [0, 0.1) is 5.92 Å². The van der Waals surface area contributed by atoms with Crippen LogP contribution >= 0.6 is 0 Å². The van der Waals surface area contributed by atoms with E-state index in [1.54, 1.807) is 18.2 Å². The molecule has 0 amide bonds. The molecule has 1 heterocycles. The standard InChI is InChI=1S/C14H13F2NO2/c15-14(16)7-10(8-14)9-19-17-12-4-2-1-3-11(12)5-6-13(17)18/h1-6,10H,7-9H2. The zero-order valence-electron chi connectivity index (χ0n) is 10.2. The molecule has 1 fully saturated rings. The number of fused-ring (bicyclic) bond motifs is 1. The molecule has 0 unspecified atom stereocenters. The Hall–Kier alpha value is -1.91. The lowest BCUT2D eigenvalue weighted by molar-refractivity contribution is -0.128. The van der Waals surface area contributed by atoms with E-state index in [0.717, 1.165) is 5.39 Å². The number of pyridine rings is 1. The van der Waals surface area contributed by atoms with Gasteiger partial charge in [-0.1, -0.05) is 18.2 Å². The molecule has 0 radical (unpaired) electrons. The van der Waals surface area contributed by atoms with Gasteiger partial charge in [0.15, 0.2) is 0 Å². The molecular weight excluding hydrogens is 252 g/mol. The van der Waals surface area contributed by atoms with Gasteiger partial charge in [-0.2, -0.15) is 0 Å². The second-order valence-electron chi connectivity index (χ2n) is 4.95. The van der Waals surface area contributed by atoms with Crippen LogP contribution in [0.3, 0.4) is 0 Å².